The van der Waals surface area contributed by atoms with Crippen LogP contribution in [0.15, 0.2) is 97.1 Å². The Kier molecular flexibility index (Phi) is 54.5. The van der Waals surface area contributed by atoms with E-state index in [2.05, 4.69) is 42.5 Å². The van der Waals surface area contributed by atoms with Crippen LogP contribution in [0.3, 0.4) is 0 Å². The molecular weight excluding hydrogens is 1600 g/mol. The first-order valence-electron chi connectivity index (χ1n) is 41.5. The molecule has 0 aliphatic carbocycles. The van der Waals surface area contributed by atoms with Crippen LogP contribution in [0.4, 0.5) is 40.1 Å². The zero-order chi connectivity index (χ0) is 90.1. The molecule has 0 heterocycles. The Bertz CT molecular complexity index is 3890. The maximum Gasteiger partial charge on any atom is 0.408 e. The molecule has 684 valence electrons. The van der Waals surface area contributed by atoms with E-state index in [1.807, 2.05) is 60.7 Å². The van der Waals surface area contributed by atoms with Gasteiger partial charge in [0.15, 0.2) is 23.1 Å². The lowest BCUT2D eigenvalue weighted by Crippen LogP contribution is -2.44. The summed E-state index contributed by atoms with van der Waals surface area (Å²) >= 11 is 0. The van der Waals surface area contributed by atoms with Crippen LogP contribution in [-0.2, 0) is 79.8 Å². The maximum atomic E-state index is 13.4. The molecule has 0 aliphatic heterocycles. The molecule has 123 heavy (non-hydrogen) atoms. The molecule has 4 aromatic rings. The number of benzene rings is 4. The molecule has 0 radical (unpaired) electrons. The third-order valence-corrected chi connectivity index (χ3v) is 18.0. The zero-order valence-electron chi connectivity index (χ0n) is 72.3. The third-order valence-electron chi connectivity index (χ3n) is 18.0. The second kappa shape index (κ2) is 62.1. The van der Waals surface area contributed by atoms with Crippen molar-refractivity contribution in [3.8, 4) is 0 Å². The molecule has 0 fully saturated rings. The van der Waals surface area contributed by atoms with Crippen molar-refractivity contribution in [1.29, 1.82) is 0 Å². The first-order valence-corrected chi connectivity index (χ1v) is 41.5. The first-order chi connectivity index (χ1) is 58.1. The van der Waals surface area contributed by atoms with Crippen LogP contribution in [0.1, 0.15) is 244 Å². The van der Waals surface area contributed by atoms with Crippen molar-refractivity contribution >= 4 is 94.8 Å². The number of anilines is 2. The van der Waals surface area contributed by atoms with Crippen LogP contribution in [0.25, 0.3) is 0 Å². The maximum absolute atomic E-state index is 13.4. The molecule has 8 amide bonds. The van der Waals surface area contributed by atoms with Crippen molar-refractivity contribution in [3.05, 3.63) is 130 Å². The number of esters is 2. The molecule has 0 aliphatic rings. The number of Topliss-reactive ketones (excluding diaryl/α,β-unsaturated/α-hetero) is 4. The van der Waals surface area contributed by atoms with E-state index in [4.69, 9.17) is 52.5 Å². The number of carboxylic acid groups (broad SMARTS) is 2. The number of ketones is 4. The highest BCUT2D eigenvalue weighted by atomic mass is 16.6. The smallest absolute Gasteiger partial charge is 0.408 e. The highest BCUT2D eigenvalue weighted by molar-refractivity contribution is 6.05. The fourth-order valence-corrected chi connectivity index (χ4v) is 11.5. The van der Waals surface area contributed by atoms with Gasteiger partial charge in [-0.3, -0.25) is 28.8 Å². The number of aliphatic carboxylic acids is 2. The van der Waals surface area contributed by atoms with Gasteiger partial charge in [0.1, 0.15) is 36.5 Å². The number of carboxylic acids is 2. The van der Waals surface area contributed by atoms with Crippen LogP contribution in [0.5, 0.6) is 0 Å². The first kappa shape index (κ1) is 108. The Labute approximate surface area is 722 Å². The molecule has 0 saturated carbocycles. The number of urea groups is 2. The van der Waals surface area contributed by atoms with E-state index in [9.17, 15) is 72.2 Å². The van der Waals surface area contributed by atoms with Gasteiger partial charge in [-0.25, -0.2) is 38.4 Å². The second-order valence-corrected chi connectivity index (χ2v) is 30.8. The molecule has 4 atom stereocenters. The van der Waals surface area contributed by atoms with Crippen LogP contribution >= 0.6 is 0 Å². The molecule has 34 nitrogen and oxygen atoms in total. The van der Waals surface area contributed by atoms with Gasteiger partial charge in [0.05, 0.1) is 78.9 Å². The molecular formula is C89H132N8O26. The van der Waals surface area contributed by atoms with Crippen molar-refractivity contribution in [2.45, 2.75) is 228 Å². The standard InChI is InChI=1S/C45H66N4O13.C43H62N4O13.CH4/c1-32(40(52)57-5)16-10-7-14-20-38(50)34-28-35(39(51)21-15-9-13-19-37(41(53)58-6)49-44(56)62-45(2,3)4)30-36(29-34)48-42(54)46-22-24-59-26-27-60-25-23-47-43(55)61-31-33-17-11-8-12-18-33;1-30(38(50)51)14-8-5-12-18-36(48)32-26-33(37(49)19-13-7-11-17-35(39(52)53)47-42(56)60-43(2,3)4)28-34(27-32)46-40(54)44-20-22-57-24-25-58-23-21-45-41(55)59-29-31-15-9-6-10-16-31;/h8,11-12,17-18,28-30,32,37H,7,9-10,13-16,19-27,31H2,1-6H3,(H,47,55)(H,49,56)(H2,46,48,54);6,9-10,15-16,26-28,30,35H,5,7-8,11-14,17-25,29H2,1-4H3,(H,45,55)(H,47,56)(H,50,51)(H,52,53)(H2,44,46,54);1H4/t32-,37-;30-,35-;/m00./s1. The summed E-state index contributed by atoms with van der Waals surface area (Å²) in [5.41, 5.74) is 1.76. The molecule has 4 rings (SSSR count). The van der Waals surface area contributed by atoms with Gasteiger partial charge in [0.25, 0.3) is 0 Å². The monoisotopic (exact) mass is 1730 g/mol. The lowest BCUT2D eigenvalue weighted by Gasteiger charge is -2.22. The fraction of sp³-hybridized carbons (Fsp3) is 0.573. The summed E-state index contributed by atoms with van der Waals surface area (Å²) in [6, 6.07) is 24.5. The van der Waals surface area contributed by atoms with Crippen LogP contribution in [0, 0.1) is 11.8 Å². The summed E-state index contributed by atoms with van der Waals surface area (Å²) in [6.07, 6.45) is 6.28. The number of methoxy groups -OCH3 is 2. The van der Waals surface area contributed by atoms with Crippen LogP contribution in [0.2, 0.25) is 0 Å². The van der Waals surface area contributed by atoms with E-state index in [0.29, 0.717) is 77.0 Å². The molecule has 4 aromatic carbocycles. The van der Waals surface area contributed by atoms with Gasteiger partial charge in [-0.2, -0.15) is 0 Å². The Hall–Kier alpha value is -11.1. The highest BCUT2D eigenvalue weighted by Crippen LogP contribution is 2.25. The van der Waals surface area contributed by atoms with E-state index in [1.165, 1.54) is 50.6 Å². The molecule has 0 unspecified atom stereocenters. The number of ether oxygens (including phenoxy) is 10. The zero-order valence-corrected chi connectivity index (χ0v) is 72.3. The van der Waals surface area contributed by atoms with Crippen molar-refractivity contribution in [2.75, 3.05) is 104 Å². The van der Waals surface area contributed by atoms with E-state index in [0.717, 1.165) is 24.0 Å². The van der Waals surface area contributed by atoms with Crippen molar-refractivity contribution in [3.63, 3.8) is 0 Å². The topological polar surface area (TPSA) is 468 Å². The second-order valence-electron chi connectivity index (χ2n) is 30.8. The number of nitrogens with one attached hydrogen (secondary N) is 8. The Morgan fingerprint density at radius 1 is 0.358 bits per heavy atom. The summed E-state index contributed by atoms with van der Waals surface area (Å²) in [7, 11) is 2.59. The predicted octanol–water partition coefficient (Wildman–Crippen LogP) is 14.3. The SMILES string of the molecule is C.COC(=O)[C@H](CCCCCC(=O)c1cc(NC(=O)NCCOCCOCCNC(=O)OCc2ccccc2)cc(C(=O)CCCCC[C@H](C)C(=O)OC)c1)NC(=O)OC(C)(C)C.C[C@@H](CCCCCC(=O)c1cc(NC(=O)NCCOCCOCCNC(=O)OCc2ccccc2)cc(C(=O)CCCCC[C@H](NC(=O)OC(C)(C)C)C(=O)O)c1)C(=O)O. The lowest BCUT2D eigenvalue weighted by atomic mass is 9.97. The van der Waals surface area contributed by atoms with E-state index < -0.39 is 83.5 Å². The van der Waals surface area contributed by atoms with Gasteiger partial charge in [-0.05, 0) is 140 Å². The number of alkyl carbamates (subject to hydrolysis) is 4. The van der Waals surface area contributed by atoms with Crippen molar-refractivity contribution in [2.24, 2.45) is 11.8 Å². The van der Waals surface area contributed by atoms with Gasteiger partial charge in [-0.15, -0.1) is 0 Å². The highest BCUT2D eigenvalue weighted by Gasteiger charge is 2.27. The summed E-state index contributed by atoms with van der Waals surface area (Å²) in [5.74, 6) is -4.56. The molecule has 0 saturated heterocycles. The number of carbonyl (C=O) groups is 14. The molecule has 0 spiro atoms. The van der Waals surface area contributed by atoms with Gasteiger partial charge < -0.3 is 100 Å². The minimum absolute atomic E-state index is 0. The molecule has 10 N–H and O–H groups in total. The number of amides is 8. The lowest BCUT2D eigenvalue weighted by molar-refractivity contribution is -0.145. The third kappa shape index (κ3) is 52.1. The summed E-state index contributed by atoms with van der Waals surface area (Å²) in [4.78, 5) is 174. The summed E-state index contributed by atoms with van der Waals surface area (Å²) in [6.45, 7) is 16.7. The molecule has 0 aromatic heterocycles. The summed E-state index contributed by atoms with van der Waals surface area (Å²) in [5, 5.41) is 39.5. The van der Waals surface area contributed by atoms with Gasteiger partial charge in [0.2, 0.25) is 0 Å². The van der Waals surface area contributed by atoms with E-state index in [1.54, 1.807) is 55.4 Å². The quantitative estimate of drug-likeness (QED) is 0.00849. The minimum atomic E-state index is -1.20. The average Bonchev–Trinajstić information content (AvgIpc) is 0.836. The number of rotatable bonds is 58. The normalized spacial score (nSPS) is 11.9. The van der Waals surface area contributed by atoms with Crippen molar-refractivity contribution in [1.82, 2.24) is 31.9 Å². The van der Waals surface area contributed by atoms with E-state index >= 15 is 0 Å². The minimum Gasteiger partial charge on any atom is -0.481 e. The number of unbranched alkanes of at least 4 members (excludes halogenated alkanes) is 8. The van der Waals surface area contributed by atoms with Gasteiger partial charge in [-0.1, -0.05) is 133 Å². The Morgan fingerprint density at radius 3 is 1.00 bits per heavy atom. The van der Waals surface area contributed by atoms with Crippen molar-refractivity contribution < 1.29 is 125 Å². The average molecular weight is 1730 g/mol. The van der Waals surface area contributed by atoms with Gasteiger partial charge >= 0.3 is 60.3 Å². The van der Waals surface area contributed by atoms with Crippen LogP contribution < -0.4 is 42.5 Å². The summed E-state index contributed by atoms with van der Waals surface area (Å²) < 4.78 is 52.2. The van der Waals surface area contributed by atoms with E-state index in [-0.39, 0.29) is 207 Å². The van der Waals surface area contributed by atoms with Crippen LogP contribution in [-0.4, -0.2) is 210 Å². The Morgan fingerprint density at radius 2 is 0.675 bits per heavy atom. The largest absolute Gasteiger partial charge is 0.481 e. The Balaban J connectivity index is 0.000000827. The number of hydrogen-bond acceptors (Lipinski definition) is 24. The molecule has 0 bridgehead atoms. The fourth-order valence-electron chi connectivity index (χ4n) is 11.5. The predicted molar refractivity (Wildman–Crippen MR) is 460 cm³/mol. The molecule has 34 heteroatoms. The number of carbonyl (C=O) groups excluding carboxylic acids is 12. The number of hydrogen-bond donors (Lipinski definition) is 10. The van der Waals surface area contributed by atoms with Gasteiger partial charge in [0, 0.05) is 85.5 Å².